The minimum absolute atomic E-state index is 0.0135. The van der Waals surface area contributed by atoms with Crippen molar-refractivity contribution >= 4 is 5.91 Å². The van der Waals surface area contributed by atoms with E-state index in [-0.39, 0.29) is 5.91 Å². The SMILES string of the molecule is O=C(c1cn(Cc2ccccc2)nn1)N1CCN2CCCC[C@H]2C1. The van der Waals surface area contributed by atoms with Crippen molar-refractivity contribution in [3.8, 4) is 0 Å². The zero-order chi connectivity index (χ0) is 16.4. The van der Waals surface area contributed by atoms with Gasteiger partial charge in [0.2, 0.25) is 0 Å². The molecule has 1 aromatic heterocycles. The van der Waals surface area contributed by atoms with E-state index in [9.17, 15) is 4.79 Å². The third-order valence-corrected chi connectivity index (χ3v) is 5.07. The number of fused-ring (bicyclic) bond motifs is 1. The van der Waals surface area contributed by atoms with Crippen LogP contribution in [0.25, 0.3) is 0 Å². The topological polar surface area (TPSA) is 54.3 Å². The fourth-order valence-electron chi connectivity index (χ4n) is 3.75. The Morgan fingerprint density at radius 1 is 1.12 bits per heavy atom. The van der Waals surface area contributed by atoms with E-state index < -0.39 is 0 Å². The molecule has 0 N–H and O–H groups in total. The lowest BCUT2D eigenvalue weighted by Gasteiger charge is -2.43. The van der Waals surface area contributed by atoms with Gasteiger partial charge in [0.1, 0.15) is 0 Å². The van der Waals surface area contributed by atoms with Gasteiger partial charge in [-0.2, -0.15) is 0 Å². The minimum Gasteiger partial charge on any atom is -0.334 e. The molecule has 0 saturated carbocycles. The number of carbonyl (C=O) groups is 1. The third kappa shape index (κ3) is 3.19. The van der Waals surface area contributed by atoms with Crippen molar-refractivity contribution in [2.75, 3.05) is 26.2 Å². The summed E-state index contributed by atoms with van der Waals surface area (Å²) in [6, 6.07) is 10.6. The van der Waals surface area contributed by atoms with Gasteiger partial charge in [-0.3, -0.25) is 9.69 Å². The highest BCUT2D eigenvalue weighted by molar-refractivity contribution is 5.92. The van der Waals surface area contributed by atoms with Gasteiger partial charge >= 0.3 is 0 Å². The number of hydrogen-bond acceptors (Lipinski definition) is 4. The van der Waals surface area contributed by atoms with Gasteiger partial charge in [0, 0.05) is 25.7 Å². The number of nitrogens with zero attached hydrogens (tertiary/aromatic N) is 5. The Bertz CT molecular complexity index is 698. The molecule has 2 aliphatic heterocycles. The quantitative estimate of drug-likeness (QED) is 0.861. The summed E-state index contributed by atoms with van der Waals surface area (Å²) >= 11 is 0. The monoisotopic (exact) mass is 325 g/mol. The van der Waals surface area contributed by atoms with Crippen molar-refractivity contribution in [3.63, 3.8) is 0 Å². The summed E-state index contributed by atoms with van der Waals surface area (Å²) in [4.78, 5) is 17.2. The summed E-state index contributed by atoms with van der Waals surface area (Å²) in [5.74, 6) is 0.0135. The van der Waals surface area contributed by atoms with Crippen LogP contribution in [-0.4, -0.2) is 62.9 Å². The number of hydrogen-bond donors (Lipinski definition) is 0. The van der Waals surface area contributed by atoms with Gasteiger partial charge in [0.15, 0.2) is 5.69 Å². The highest BCUT2D eigenvalue weighted by Gasteiger charge is 2.32. The minimum atomic E-state index is 0.0135. The predicted octanol–water partition coefficient (Wildman–Crippen LogP) is 1.64. The Balaban J connectivity index is 1.41. The summed E-state index contributed by atoms with van der Waals surface area (Å²) in [7, 11) is 0. The molecular weight excluding hydrogens is 302 g/mol. The second-order valence-electron chi connectivity index (χ2n) is 6.72. The van der Waals surface area contributed by atoms with Crippen molar-refractivity contribution in [3.05, 3.63) is 47.8 Å². The molecule has 2 fully saturated rings. The largest absolute Gasteiger partial charge is 0.334 e. The predicted molar refractivity (Wildman–Crippen MR) is 90.7 cm³/mol. The number of amides is 1. The molecule has 2 aliphatic rings. The van der Waals surface area contributed by atoms with Crippen LogP contribution in [0.5, 0.6) is 0 Å². The summed E-state index contributed by atoms with van der Waals surface area (Å²) in [5, 5.41) is 8.22. The Hall–Kier alpha value is -2.21. The van der Waals surface area contributed by atoms with E-state index in [2.05, 4.69) is 15.2 Å². The Morgan fingerprint density at radius 2 is 2.00 bits per heavy atom. The smallest absolute Gasteiger partial charge is 0.276 e. The summed E-state index contributed by atoms with van der Waals surface area (Å²) in [5.41, 5.74) is 1.60. The number of rotatable bonds is 3. The van der Waals surface area contributed by atoms with Gasteiger partial charge in [0.25, 0.3) is 5.91 Å². The van der Waals surface area contributed by atoms with E-state index in [1.807, 2.05) is 35.2 Å². The molecule has 4 rings (SSSR count). The van der Waals surface area contributed by atoms with Gasteiger partial charge in [0.05, 0.1) is 12.7 Å². The lowest BCUT2D eigenvalue weighted by molar-refractivity contribution is 0.0368. The molecule has 24 heavy (non-hydrogen) atoms. The number of carbonyl (C=O) groups excluding carboxylic acids is 1. The van der Waals surface area contributed by atoms with Crippen LogP contribution >= 0.6 is 0 Å². The first kappa shape index (κ1) is 15.3. The molecule has 2 saturated heterocycles. The van der Waals surface area contributed by atoms with Crippen LogP contribution in [0.15, 0.2) is 36.5 Å². The van der Waals surface area contributed by atoms with E-state index in [0.29, 0.717) is 18.3 Å². The lowest BCUT2D eigenvalue weighted by atomic mass is 9.99. The molecular formula is C18H23N5O. The molecule has 0 unspecified atom stereocenters. The van der Waals surface area contributed by atoms with Crippen LogP contribution in [0.2, 0.25) is 0 Å². The van der Waals surface area contributed by atoms with Crippen molar-refractivity contribution in [2.45, 2.75) is 31.8 Å². The average molecular weight is 325 g/mol. The standard InChI is InChI=1S/C18H23N5O/c24-18(22-11-10-21-9-5-4-8-16(21)13-22)17-14-23(20-19-17)12-15-6-2-1-3-7-15/h1-3,6-7,14,16H,4-5,8-13H2/t16-/m0/s1. The molecule has 126 valence electrons. The normalized spacial score (nSPS) is 21.5. The molecule has 0 radical (unpaired) electrons. The molecule has 0 aliphatic carbocycles. The third-order valence-electron chi connectivity index (χ3n) is 5.07. The van der Waals surface area contributed by atoms with Crippen LogP contribution in [0.3, 0.4) is 0 Å². The Kier molecular flexibility index (Phi) is 4.30. The maximum atomic E-state index is 12.7. The number of aromatic nitrogens is 3. The van der Waals surface area contributed by atoms with E-state index in [4.69, 9.17) is 0 Å². The maximum absolute atomic E-state index is 12.7. The zero-order valence-corrected chi connectivity index (χ0v) is 13.8. The van der Waals surface area contributed by atoms with Gasteiger partial charge in [-0.05, 0) is 24.9 Å². The first-order chi connectivity index (χ1) is 11.8. The van der Waals surface area contributed by atoms with Crippen molar-refractivity contribution in [1.29, 1.82) is 0 Å². The molecule has 2 aromatic rings. The van der Waals surface area contributed by atoms with Crippen molar-refractivity contribution in [2.24, 2.45) is 0 Å². The molecule has 6 heteroatoms. The lowest BCUT2D eigenvalue weighted by Crippen LogP contribution is -2.56. The van der Waals surface area contributed by atoms with Crippen LogP contribution < -0.4 is 0 Å². The van der Waals surface area contributed by atoms with E-state index in [1.54, 1.807) is 10.9 Å². The fraction of sp³-hybridized carbons (Fsp3) is 0.500. The van der Waals surface area contributed by atoms with E-state index >= 15 is 0 Å². The first-order valence-corrected chi connectivity index (χ1v) is 8.77. The molecule has 1 atom stereocenters. The van der Waals surface area contributed by atoms with Crippen LogP contribution in [0.4, 0.5) is 0 Å². The Morgan fingerprint density at radius 3 is 2.88 bits per heavy atom. The second kappa shape index (κ2) is 6.73. The second-order valence-corrected chi connectivity index (χ2v) is 6.72. The van der Waals surface area contributed by atoms with Gasteiger partial charge in [-0.15, -0.1) is 5.10 Å². The summed E-state index contributed by atoms with van der Waals surface area (Å²) < 4.78 is 1.74. The number of piperidine rings is 1. The Labute approximate surface area is 142 Å². The molecule has 1 amide bonds. The van der Waals surface area contributed by atoms with Crippen LogP contribution in [0, 0.1) is 0 Å². The molecule has 3 heterocycles. The van der Waals surface area contributed by atoms with Crippen LogP contribution in [-0.2, 0) is 6.54 Å². The van der Waals surface area contributed by atoms with Gasteiger partial charge < -0.3 is 4.90 Å². The van der Waals surface area contributed by atoms with Crippen molar-refractivity contribution in [1.82, 2.24) is 24.8 Å². The number of benzene rings is 1. The summed E-state index contributed by atoms with van der Waals surface area (Å²) in [6.45, 7) is 4.41. The van der Waals surface area contributed by atoms with Gasteiger partial charge in [-0.1, -0.05) is 42.0 Å². The average Bonchev–Trinajstić information content (AvgIpc) is 3.10. The summed E-state index contributed by atoms with van der Waals surface area (Å²) in [6.07, 6.45) is 5.53. The highest BCUT2D eigenvalue weighted by Crippen LogP contribution is 2.21. The first-order valence-electron chi connectivity index (χ1n) is 8.77. The molecule has 1 aromatic carbocycles. The molecule has 0 bridgehead atoms. The van der Waals surface area contributed by atoms with Gasteiger partial charge in [-0.25, -0.2) is 4.68 Å². The zero-order valence-electron chi connectivity index (χ0n) is 13.8. The van der Waals surface area contributed by atoms with Crippen LogP contribution in [0.1, 0.15) is 35.3 Å². The molecule has 0 spiro atoms. The fourth-order valence-corrected chi connectivity index (χ4v) is 3.75. The maximum Gasteiger partial charge on any atom is 0.276 e. The highest BCUT2D eigenvalue weighted by atomic mass is 16.2. The molecule has 6 nitrogen and oxygen atoms in total. The van der Waals surface area contributed by atoms with Crippen molar-refractivity contribution < 1.29 is 4.79 Å². The van der Waals surface area contributed by atoms with E-state index in [0.717, 1.165) is 25.2 Å². The van der Waals surface area contributed by atoms with E-state index in [1.165, 1.54) is 25.8 Å². The number of piperazine rings is 1.